The van der Waals surface area contributed by atoms with Crippen molar-refractivity contribution in [1.29, 1.82) is 0 Å². The van der Waals surface area contributed by atoms with Crippen molar-refractivity contribution in [3.8, 4) is 0 Å². The van der Waals surface area contributed by atoms with Gasteiger partial charge in [0.2, 0.25) is 0 Å². The number of hydrogen-bond donors (Lipinski definition) is 0. The molecule has 1 aromatic rings. The average Bonchev–Trinajstić information content (AvgIpc) is 2.55. The summed E-state index contributed by atoms with van der Waals surface area (Å²) in [5, 5.41) is 8.21. The van der Waals surface area contributed by atoms with Gasteiger partial charge >= 0.3 is 0 Å². The molecule has 0 radical (unpaired) electrons. The molecule has 0 saturated carbocycles. The van der Waals surface area contributed by atoms with Gasteiger partial charge in [0, 0.05) is 6.61 Å². The third kappa shape index (κ3) is 1.44. The van der Waals surface area contributed by atoms with Crippen LogP contribution in [-0.2, 0) is 4.74 Å². The first-order valence-corrected chi connectivity index (χ1v) is 4.30. The van der Waals surface area contributed by atoms with E-state index < -0.39 is 0 Å². The Hall–Kier alpha value is -0.420. The molecular weight excluding hydrogens is 210 g/mol. The molecule has 0 aliphatic carbocycles. The first-order chi connectivity index (χ1) is 5.36. The topological polar surface area (TPSA) is 39.9 Å². The van der Waals surface area contributed by atoms with Gasteiger partial charge in [0.15, 0.2) is 0 Å². The Labute approximate surface area is 72.7 Å². The van der Waals surface area contributed by atoms with E-state index >= 15 is 0 Å². The van der Waals surface area contributed by atoms with Crippen LogP contribution >= 0.6 is 15.9 Å². The molecule has 0 spiro atoms. The molecule has 5 heteroatoms. The molecule has 0 N–H and O–H groups in total. The summed E-state index contributed by atoms with van der Waals surface area (Å²) < 4.78 is 5.99. The zero-order chi connectivity index (χ0) is 7.68. The van der Waals surface area contributed by atoms with Crippen LogP contribution in [0.25, 0.3) is 0 Å². The van der Waals surface area contributed by atoms with Crippen molar-refractivity contribution in [2.75, 3.05) is 13.2 Å². The molecule has 0 amide bonds. The Bertz CT molecular complexity index is 244. The minimum atomic E-state index is 0.335. The summed E-state index contributed by atoms with van der Waals surface area (Å²) in [7, 11) is 0. The van der Waals surface area contributed by atoms with Gasteiger partial charge in [0.05, 0.1) is 18.8 Å². The van der Waals surface area contributed by atoms with Crippen molar-refractivity contribution in [3.63, 3.8) is 0 Å². The zero-order valence-corrected chi connectivity index (χ0v) is 7.49. The van der Waals surface area contributed by atoms with Gasteiger partial charge in [0.25, 0.3) is 0 Å². The molecule has 4 nitrogen and oxygen atoms in total. The van der Waals surface area contributed by atoms with E-state index in [2.05, 4.69) is 26.1 Å². The molecule has 0 aromatic carbocycles. The van der Waals surface area contributed by atoms with Crippen molar-refractivity contribution in [3.05, 3.63) is 10.8 Å². The summed E-state index contributed by atoms with van der Waals surface area (Å²) in [5.41, 5.74) is 0. The first kappa shape index (κ1) is 7.24. The molecule has 1 atom stereocenters. The highest BCUT2D eigenvalue weighted by Crippen LogP contribution is 2.17. The second kappa shape index (κ2) is 2.91. The molecule has 1 unspecified atom stereocenters. The minimum Gasteiger partial charge on any atom is -0.379 e. The summed E-state index contributed by atoms with van der Waals surface area (Å²) in [6, 6.07) is 0.335. The summed E-state index contributed by atoms with van der Waals surface area (Å²) in [5.74, 6) is 0. The fourth-order valence-corrected chi connectivity index (χ4v) is 1.39. The fourth-order valence-electron chi connectivity index (χ4n) is 1.14. The predicted octanol–water partition coefficient (Wildman–Crippen LogP) is 1.00. The fraction of sp³-hybridized carbons (Fsp3) is 0.667. The number of ether oxygens (including phenoxy) is 1. The second-order valence-corrected chi connectivity index (χ2v) is 3.32. The minimum absolute atomic E-state index is 0.335. The monoisotopic (exact) mass is 217 g/mol. The van der Waals surface area contributed by atoms with Gasteiger partial charge in [-0.25, -0.2) is 0 Å². The van der Waals surface area contributed by atoms with Crippen LogP contribution in [0, 0.1) is 0 Å². The van der Waals surface area contributed by atoms with E-state index in [1.807, 2.05) is 0 Å². The number of halogens is 1. The quantitative estimate of drug-likeness (QED) is 0.705. The smallest absolute Gasteiger partial charge is 0.148 e. The van der Waals surface area contributed by atoms with Crippen LogP contribution in [-0.4, -0.2) is 28.2 Å². The van der Waals surface area contributed by atoms with Crippen LogP contribution in [0.1, 0.15) is 12.5 Å². The van der Waals surface area contributed by atoms with Crippen LogP contribution in [0.2, 0.25) is 0 Å². The van der Waals surface area contributed by atoms with E-state index in [0.717, 1.165) is 24.2 Å². The van der Waals surface area contributed by atoms with Gasteiger partial charge in [-0.2, -0.15) is 9.90 Å². The molecule has 2 heterocycles. The summed E-state index contributed by atoms with van der Waals surface area (Å²) >= 11 is 3.24. The SMILES string of the molecule is Brc1cnn(C2CCOC2)n1. The Morgan fingerprint density at radius 1 is 1.73 bits per heavy atom. The normalized spacial score (nSPS) is 24.3. The molecule has 0 bridgehead atoms. The van der Waals surface area contributed by atoms with Gasteiger partial charge in [-0.05, 0) is 22.4 Å². The van der Waals surface area contributed by atoms with Crippen LogP contribution in [0.4, 0.5) is 0 Å². The average molecular weight is 218 g/mol. The van der Waals surface area contributed by atoms with E-state index in [0.29, 0.717) is 6.04 Å². The van der Waals surface area contributed by atoms with Crippen LogP contribution in [0.15, 0.2) is 10.8 Å². The molecule has 1 aliphatic rings. The van der Waals surface area contributed by atoms with Gasteiger partial charge < -0.3 is 4.74 Å². The van der Waals surface area contributed by atoms with E-state index in [4.69, 9.17) is 4.74 Å². The maximum atomic E-state index is 5.20. The molecule has 1 saturated heterocycles. The molecule has 60 valence electrons. The molecule has 1 fully saturated rings. The molecule has 2 rings (SSSR count). The van der Waals surface area contributed by atoms with Crippen molar-refractivity contribution < 1.29 is 4.74 Å². The summed E-state index contributed by atoms with van der Waals surface area (Å²) in [4.78, 5) is 1.71. The lowest BCUT2D eigenvalue weighted by Gasteiger charge is -2.03. The molecule has 1 aromatic heterocycles. The Morgan fingerprint density at radius 2 is 2.64 bits per heavy atom. The van der Waals surface area contributed by atoms with Crippen molar-refractivity contribution in [1.82, 2.24) is 15.0 Å². The van der Waals surface area contributed by atoms with Crippen LogP contribution < -0.4 is 0 Å². The first-order valence-electron chi connectivity index (χ1n) is 3.51. The number of hydrogen-bond acceptors (Lipinski definition) is 3. The largest absolute Gasteiger partial charge is 0.379 e. The maximum absolute atomic E-state index is 5.20. The highest BCUT2D eigenvalue weighted by atomic mass is 79.9. The van der Waals surface area contributed by atoms with E-state index in [-0.39, 0.29) is 0 Å². The van der Waals surface area contributed by atoms with Crippen molar-refractivity contribution >= 4 is 15.9 Å². The predicted molar refractivity (Wildman–Crippen MR) is 42.2 cm³/mol. The zero-order valence-electron chi connectivity index (χ0n) is 5.90. The highest BCUT2D eigenvalue weighted by Gasteiger charge is 2.18. The molecule has 11 heavy (non-hydrogen) atoms. The van der Waals surface area contributed by atoms with Gasteiger partial charge in [0.1, 0.15) is 4.60 Å². The van der Waals surface area contributed by atoms with Crippen molar-refractivity contribution in [2.45, 2.75) is 12.5 Å². The summed E-state index contributed by atoms with van der Waals surface area (Å²) in [6.45, 7) is 1.56. The summed E-state index contributed by atoms with van der Waals surface area (Å²) in [6.07, 6.45) is 2.71. The Kier molecular flexibility index (Phi) is 1.91. The number of nitrogens with zero attached hydrogens (tertiary/aromatic N) is 3. The van der Waals surface area contributed by atoms with Gasteiger partial charge in [-0.1, -0.05) is 0 Å². The number of rotatable bonds is 1. The Balaban J connectivity index is 2.15. The molecule has 1 aliphatic heterocycles. The van der Waals surface area contributed by atoms with Crippen LogP contribution in [0.3, 0.4) is 0 Å². The lowest BCUT2D eigenvalue weighted by molar-refractivity contribution is 0.181. The lowest BCUT2D eigenvalue weighted by Crippen LogP contribution is -2.11. The highest BCUT2D eigenvalue weighted by molar-refractivity contribution is 9.10. The van der Waals surface area contributed by atoms with E-state index in [1.165, 1.54) is 0 Å². The lowest BCUT2D eigenvalue weighted by atomic mass is 10.3. The Morgan fingerprint density at radius 3 is 3.18 bits per heavy atom. The van der Waals surface area contributed by atoms with Crippen LogP contribution in [0.5, 0.6) is 0 Å². The second-order valence-electron chi connectivity index (χ2n) is 2.51. The van der Waals surface area contributed by atoms with Gasteiger partial charge in [-0.15, -0.1) is 5.10 Å². The standard InChI is InChI=1S/C6H8BrN3O/c7-6-3-8-10(9-6)5-1-2-11-4-5/h3,5H,1-2,4H2. The molecular formula is C6H8BrN3O. The number of aromatic nitrogens is 3. The van der Waals surface area contributed by atoms with Crippen molar-refractivity contribution in [2.24, 2.45) is 0 Å². The third-order valence-electron chi connectivity index (χ3n) is 1.71. The maximum Gasteiger partial charge on any atom is 0.148 e. The third-order valence-corrected chi connectivity index (χ3v) is 2.08. The van der Waals surface area contributed by atoms with Gasteiger partial charge in [-0.3, -0.25) is 0 Å². The van der Waals surface area contributed by atoms with E-state index in [9.17, 15) is 0 Å². The van der Waals surface area contributed by atoms with E-state index in [1.54, 1.807) is 11.0 Å².